The summed E-state index contributed by atoms with van der Waals surface area (Å²) in [5.74, 6) is 0. The van der Waals surface area contributed by atoms with E-state index in [1.54, 1.807) is 19.1 Å². The number of hydrogen-bond acceptors (Lipinski definition) is 5. The molecule has 0 aliphatic carbocycles. The normalized spacial score (nSPS) is 18.5. The molecule has 2 heterocycles. The van der Waals surface area contributed by atoms with Gasteiger partial charge in [0.05, 0.1) is 23.3 Å². The lowest BCUT2D eigenvalue weighted by Gasteiger charge is -2.37. The van der Waals surface area contributed by atoms with E-state index in [4.69, 9.17) is 14.2 Å². The second-order valence-corrected chi connectivity index (χ2v) is 6.98. The Morgan fingerprint density at radius 1 is 1.13 bits per heavy atom. The summed E-state index contributed by atoms with van der Waals surface area (Å²) in [6.45, 7) is 1.66. The highest BCUT2D eigenvalue weighted by molar-refractivity contribution is 6.00. The van der Waals surface area contributed by atoms with Gasteiger partial charge < -0.3 is 14.2 Å². The Kier molecular flexibility index (Phi) is 5.79. The van der Waals surface area contributed by atoms with Crippen LogP contribution >= 0.6 is 0 Å². The van der Waals surface area contributed by atoms with Gasteiger partial charge in [0.2, 0.25) is 0 Å². The first kappa shape index (κ1) is 21.1. The summed E-state index contributed by atoms with van der Waals surface area (Å²) in [4.78, 5) is 18.3. The molecule has 2 aromatic carbocycles. The van der Waals surface area contributed by atoms with Crippen LogP contribution in [0.25, 0.3) is 10.9 Å². The van der Waals surface area contributed by atoms with Crippen LogP contribution in [0.3, 0.4) is 0 Å². The van der Waals surface area contributed by atoms with E-state index in [1.807, 2.05) is 18.2 Å². The third kappa shape index (κ3) is 4.78. The molecule has 1 fully saturated rings. The molecule has 31 heavy (non-hydrogen) atoms. The Morgan fingerprint density at radius 2 is 1.87 bits per heavy atom. The number of aromatic nitrogens is 1. The van der Waals surface area contributed by atoms with Crippen molar-refractivity contribution in [3.63, 3.8) is 0 Å². The van der Waals surface area contributed by atoms with Gasteiger partial charge in [-0.1, -0.05) is 30.3 Å². The zero-order valence-electron chi connectivity index (χ0n) is 16.5. The van der Waals surface area contributed by atoms with Crippen molar-refractivity contribution < 1.29 is 32.2 Å². The quantitative estimate of drug-likeness (QED) is 0.560. The minimum absolute atomic E-state index is 0.00970. The Hall–Kier alpha value is -3.17. The summed E-state index contributed by atoms with van der Waals surface area (Å²) in [5.41, 5.74) is 0.479. The van der Waals surface area contributed by atoms with Gasteiger partial charge in [-0.3, -0.25) is 9.88 Å². The van der Waals surface area contributed by atoms with Crippen LogP contribution in [0.4, 0.5) is 23.7 Å². The van der Waals surface area contributed by atoms with Crippen LogP contribution in [0.1, 0.15) is 18.1 Å². The van der Waals surface area contributed by atoms with E-state index in [1.165, 1.54) is 23.2 Å². The largest absolute Gasteiger partial charge is 0.444 e. The molecule has 6 nitrogen and oxygen atoms in total. The van der Waals surface area contributed by atoms with Crippen molar-refractivity contribution in [2.75, 3.05) is 11.4 Å². The summed E-state index contributed by atoms with van der Waals surface area (Å²) < 4.78 is 56.1. The van der Waals surface area contributed by atoms with Gasteiger partial charge in [-0.15, -0.1) is 0 Å². The second-order valence-electron chi connectivity index (χ2n) is 6.98. The zero-order valence-corrected chi connectivity index (χ0v) is 16.5. The van der Waals surface area contributed by atoms with Crippen molar-refractivity contribution in [2.45, 2.75) is 32.3 Å². The molecule has 162 valence electrons. The molecule has 0 atom stereocenters. The standard InChI is InChI=1S/C22H19F3N2O4/c1-14-30-20(31-14)12-27(21(28)29-13-15-5-3-2-4-6-15)19-9-10-26-18-8-7-16(11-17(18)19)22(23,24)25/h2-11,14,20H,12-13H2,1H3. The SMILES string of the molecule is CC1OC(CN(C(=O)OCc2ccccc2)c2ccnc3ccc(C(F)(F)F)cc23)O1. The van der Waals surface area contributed by atoms with Crippen molar-refractivity contribution in [3.8, 4) is 0 Å². The number of nitrogens with zero attached hydrogens (tertiary/aromatic N) is 2. The van der Waals surface area contributed by atoms with Crippen molar-refractivity contribution in [3.05, 3.63) is 71.9 Å². The number of pyridine rings is 1. The van der Waals surface area contributed by atoms with Gasteiger partial charge in [0.25, 0.3) is 0 Å². The van der Waals surface area contributed by atoms with Crippen LogP contribution < -0.4 is 4.90 Å². The number of carbonyl (C=O) groups excluding carboxylic acids is 1. The third-order valence-corrected chi connectivity index (χ3v) is 4.78. The molecule has 0 bridgehead atoms. The van der Waals surface area contributed by atoms with Crippen LogP contribution in [0.5, 0.6) is 0 Å². The van der Waals surface area contributed by atoms with Gasteiger partial charge in [0, 0.05) is 11.6 Å². The number of alkyl halides is 3. The van der Waals surface area contributed by atoms with Crippen LogP contribution in [0, 0.1) is 0 Å². The average Bonchev–Trinajstić information content (AvgIpc) is 2.73. The Bertz CT molecular complexity index is 1070. The van der Waals surface area contributed by atoms with E-state index in [-0.39, 0.29) is 24.2 Å². The summed E-state index contributed by atoms with van der Waals surface area (Å²) >= 11 is 0. The summed E-state index contributed by atoms with van der Waals surface area (Å²) in [5, 5.41) is 0.168. The lowest BCUT2D eigenvalue weighted by Crippen LogP contribution is -2.48. The van der Waals surface area contributed by atoms with E-state index in [0.717, 1.165) is 17.7 Å². The topological polar surface area (TPSA) is 60.9 Å². The molecule has 0 radical (unpaired) electrons. The van der Waals surface area contributed by atoms with E-state index >= 15 is 0 Å². The minimum Gasteiger partial charge on any atom is -0.444 e. The number of amides is 1. The number of benzene rings is 2. The van der Waals surface area contributed by atoms with Crippen molar-refractivity contribution >= 4 is 22.7 Å². The fourth-order valence-corrected chi connectivity index (χ4v) is 3.28. The van der Waals surface area contributed by atoms with Crippen LogP contribution in [0.2, 0.25) is 0 Å². The molecule has 1 saturated heterocycles. The second kappa shape index (κ2) is 8.52. The Balaban J connectivity index is 1.67. The predicted octanol–water partition coefficient (Wildman–Crippen LogP) is 5.12. The summed E-state index contributed by atoms with van der Waals surface area (Å²) in [7, 11) is 0. The number of hydrogen-bond donors (Lipinski definition) is 0. The first-order chi connectivity index (χ1) is 14.8. The molecule has 0 unspecified atom stereocenters. The Morgan fingerprint density at radius 3 is 2.55 bits per heavy atom. The number of ether oxygens (including phenoxy) is 3. The van der Waals surface area contributed by atoms with Crippen molar-refractivity contribution in [1.29, 1.82) is 0 Å². The molecule has 1 aliphatic rings. The average molecular weight is 432 g/mol. The molecule has 4 rings (SSSR count). The first-order valence-corrected chi connectivity index (χ1v) is 9.56. The van der Waals surface area contributed by atoms with Crippen molar-refractivity contribution in [1.82, 2.24) is 4.98 Å². The van der Waals surface area contributed by atoms with Gasteiger partial charge in [-0.25, -0.2) is 4.79 Å². The maximum atomic E-state index is 13.3. The lowest BCUT2D eigenvalue weighted by atomic mass is 10.1. The summed E-state index contributed by atoms with van der Waals surface area (Å²) in [6.07, 6.45) is -4.98. The first-order valence-electron chi connectivity index (χ1n) is 9.56. The number of fused-ring (bicyclic) bond motifs is 1. The van der Waals surface area contributed by atoms with Crippen LogP contribution in [-0.4, -0.2) is 30.2 Å². The monoisotopic (exact) mass is 432 g/mol. The van der Waals surface area contributed by atoms with Gasteiger partial charge in [-0.05, 0) is 36.8 Å². The van der Waals surface area contributed by atoms with Gasteiger partial charge in [0.1, 0.15) is 6.61 Å². The zero-order chi connectivity index (χ0) is 22.0. The smallest absolute Gasteiger partial charge is 0.416 e. The van der Waals surface area contributed by atoms with Crippen LogP contribution in [0.15, 0.2) is 60.8 Å². The number of carbonyl (C=O) groups is 1. The highest BCUT2D eigenvalue weighted by Gasteiger charge is 2.34. The maximum absolute atomic E-state index is 13.3. The number of halogens is 3. The van der Waals surface area contributed by atoms with Gasteiger partial charge in [0.15, 0.2) is 12.6 Å². The molecule has 3 aromatic rings. The fourth-order valence-electron chi connectivity index (χ4n) is 3.28. The molecule has 1 amide bonds. The van der Waals surface area contributed by atoms with E-state index < -0.39 is 30.4 Å². The highest BCUT2D eigenvalue weighted by Crippen LogP contribution is 2.35. The predicted molar refractivity (Wildman–Crippen MR) is 106 cm³/mol. The number of anilines is 1. The van der Waals surface area contributed by atoms with E-state index in [0.29, 0.717) is 5.52 Å². The minimum atomic E-state index is -4.53. The molecule has 0 saturated carbocycles. The summed E-state index contributed by atoms with van der Waals surface area (Å²) in [6, 6.07) is 13.7. The van der Waals surface area contributed by atoms with E-state index in [2.05, 4.69) is 4.98 Å². The molecular weight excluding hydrogens is 413 g/mol. The number of rotatable bonds is 5. The van der Waals surface area contributed by atoms with E-state index in [9.17, 15) is 18.0 Å². The highest BCUT2D eigenvalue weighted by atomic mass is 19.4. The molecule has 1 aromatic heterocycles. The lowest BCUT2D eigenvalue weighted by molar-refractivity contribution is -0.370. The fraction of sp³-hybridized carbons (Fsp3) is 0.273. The van der Waals surface area contributed by atoms with Gasteiger partial charge in [-0.2, -0.15) is 13.2 Å². The van der Waals surface area contributed by atoms with Crippen LogP contribution in [-0.2, 0) is 27.0 Å². The third-order valence-electron chi connectivity index (χ3n) is 4.78. The van der Waals surface area contributed by atoms with Gasteiger partial charge >= 0.3 is 12.3 Å². The van der Waals surface area contributed by atoms with Crippen molar-refractivity contribution in [2.24, 2.45) is 0 Å². The molecule has 0 N–H and O–H groups in total. The molecule has 1 aliphatic heterocycles. The molecule has 0 spiro atoms. The molecular formula is C22H19F3N2O4. The maximum Gasteiger partial charge on any atom is 0.416 e. The molecule has 9 heteroatoms. The Labute approximate surface area is 176 Å².